The fourth-order valence-corrected chi connectivity index (χ4v) is 5.78. The molecule has 0 atom stereocenters. The number of likely N-dealkylation sites (N-methyl/N-ethyl adjacent to an activating group) is 1. The normalized spacial score (nSPS) is 17.6. The van der Waals surface area contributed by atoms with Crippen molar-refractivity contribution in [2.75, 3.05) is 26.7 Å². The molecule has 1 saturated heterocycles. The maximum atomic E-state index is 11.1. The van der Waals surface area contributed by atoms with E-state index in [1.54, 1.807) is 13.4 Å². The number of likely N-dealkylation sites (tertiary alicyclic amines) is 1. The predicted octanol–water partition coefficient (Wildman–Crippen LogP) is 3.21. The molecule has 5 rings (SSSR count). The molecule has 1 aliphatic heterocycles. The van der Waals surface area contributed by atoms with E-state index in [1.807, 2.05) is 16.2 Å². The Morgan fingerprint density at radius 1 is 1.12 bits per heavy atom. The standard InChI is InChI=1S/C15H18N2OS.C7H14N2O.C2H5NO/c1-2-5-10(6-3-1)18-14-13-11-7-4-8-12(11)19-15(13)17-9-16-14;1-8-6-7(10)9-4-2-3-5-9;1-2(3)4/h9-10H,1-8H2;8H,2-6H2,1H3;1H3,(H2,3,4). The lowest BCUT2D eigenvalue weighted by Gasteiger charge is -2.22. The second-order valence-electron chi connectivity index (χ2n) is 8.82. The number of aromatic nitrogens is 2. The van der Waals surface area contributed by atoms with Crippen molar-refractivity contribution in [3.05, 3.63) is 16.8 Å². The van der Waals surface area contributed by atoms with Gasteiger partial charge in [0.1, 0.15) is 17.3 Å². The summed E-state index contributed by atoms with van der Waals surface area (Å²) >= 11 is 1.83. The minimum Gasteiger partial charge on any atom is -0.474 e. The lowest BCUT2D eigenvalue weighted by Crippen LogP contribution is -2.34. The number of fused-ring (bicyclic) bond motifs is 3. The molecule has 33 heavy (non-hydrogen) atoms. The third-order valence-electron chi connectivity index (χ3n) is 6.08. The first-order valence-electron chi connectivity index (χ1n) is 12.1. The maximum absolute atomic E-state index is 11.1. The van der Waals surface area contributed by atoms with Crippen LogP contribution in [0.2, 0.25) is 0 Å². The van der Waals surface area contributed by atoms with Crippen molar-refractivity contribution in [1.29, 1.82) is 0 Å². The molecule has 2 aliphatic carbocycles. The van der Waals surface area contributed by atoms with Crippen LogP contribution in [0.3, 0.4) is 0 Å². The topological polar surface area (TPSA) is 110 Å². The summed E-state index contributed by atoms with van der Waals surface area (Å²) in [6.07, 6.45) is 14.3. The predicted molar refractivity (Wildman–Crippen MR) is 132 cm³/mol. The molecule has 2 aromatic heterocycles. The van der Waals surface area contributed by atoms with E-state index in [0.29, 0.717) is 12.6 Å². The Morgan fingerprint density at radius 2 is 1.82 bits per heavy atom. The summed E-state index contributed by atoms with van der Waals surface area (Å²) < 4.78 is 6.21. The van der Waals surface area contributed by atoms with E-state index in [0.717, 1.165) is 23.8 Å². The van der Waals surface area contributed by atoms with Crippen LogP contribution in [0, 0.1) is 0 Å². The minimum absolute atomic E-state index is 0.236. The molecule has 0 radical (unpaired) electrons. The number of nitrogens with one attached hydrogen (secondary N) is 1. The summed E-state index contributed by atoms with van der Waals surface area (Å²) in [7, 11) is 1.80. The number of hydrogen-bond acceptors (Lipinski definition) is 7. The van der Waals surface area contributed by atoms with E-state index in [-0.39, 0.29) is 11.8 Å². The number of aryl methyl sites for hydroxylation is 2. The van der Waals surface area contributed by atoms with Gasteiger partial charge in [0, 0.05) is 24.9 Å². The molecule has 2 amide bonds. The molecule has 2 aromatic rings. The molecule has 8 nitrogen and oxygen atoms in total. The van der Waals surface area contributed by atoms with Crippen LogP contribution in [-0.4, -0.2) is 59.5 Å². The summed E-state index contributed by atoms with van der Waals surface area (Å²) in [6, 6.07) is 0. The van der Waals surface area contributed by atoms with Crippen molar-refractivity contribution >= 4 is 33.4 Å². The van der Waals surface area contributed by atoms with Crippen LogP contribution in [0.5, 0.6) is 5.88 Å². The van der Waals surface area contributed by atoms with E-state index in [9.17, 15) is 9.59 Å². The first-order chi connectivity index (χ1) is 16.0. The summed E-state index contributed by atoms with van der Waals surface area (Å²) in [5.41, 5.74) is 5.94. The van der Waals surface area contributed by atoms with Crippen LogP contribution in [0.15, 0.2) is 6.33 Å². The highest BCUT2D eigenvalue weighted by molar-refractivity contribution is 7.18. The molecule has 182 valence electrons. The van der Waals surface area contributed by atoms with Crippen molar-refractivity contribution < 1.29 is 14.3 Å². The van der Waals surface area contributed by atoms with Gasteiger partial charge in [0.15, 0.2) is 0 Å². The second kappa shape index (κ2) is 12.8. The third kappa shape index (κ3) is 7.37. The Bertz CT molecular complexity index is 916. The van der Waals surface area contributed by atoms with E-state index in [4.69, 9.17) is 4.74 Å². The Kier molecular flexibility index (Phi) is 9.87. The number of amides is 2. The highest BCUT2D eigenvalue weighted by Gasteiger charge is 2.24. The van der Waals surface area contributed by atoms with E-state index >= 15 is 0 Å². The number of rotatable bonds is 4. The van der Waals surface area contributed by atoms with Crippen LogP contribution in [0.25, 0.3) is 10.2 Å². The molecule has 0 spiro atoms. The maximum Gasteiger partial charge on any atom is 0.236 e. The summed E-state index contributed by atoms with van der Waals surface area (Å²) in [6.45, 7) is 3.71. The number of primary amides is 1. The molecule has 0 bridgehead atoms. The third-order valence-corrected chi connectivity index (χ3v) is 7.28. The van der Waals surface area contributed by atoms with Crippen molar-refractivity contribution in [2.45, 2.75) is 77.2 Å². The zero-order valence-corrected chi connectivity index (χ0v) is 20.7. The van der Waals surface area contributed by atoms with Gasteiger partial charge in [-0.05, 0) is 70.4 Å². The molecule has 0 aromatic carbocycles. The number of carbonyl (C=O) groups excluding carboxylic acids is 2. The van der Waals surface area contributed by atoms with Crippen molar-refractivity contribution in [2.24, 2.45) is 5.73 Å². The van der Waals surface area contributed by atoms with Crippen LogP contribution >= 0.6 is 11.3 Å². The Morgan fingerprint density at radius 3 is 2.48 bits per heavy atom. The fourth-order valence-electron chi connectivity index (χ4n) is 4.56. The van der Waals surface area contributed by atoms with E-state index in [2.05, 4.69) is 21.0 Å². The zero-order valence-electron chi connectivity index (χ0n) is 19.9. The Balaban J connectivity index is 0.000000185. The lowest BCUT2D eigenvalue weighted by atomic mass is 9.98. The van der Waals surface area contributed by atoms with Crippen LogP contribution in [0.4, 0.5) is 0 Å². The van der Waals surface area contributed by atoms with Gasteiger partial charge in [-0.15, -0.1) is 11.3 Å². The molecular formula is C24H37N5O3S. The van der Waals surface area contributed by atoms with E-state index in [1.165, 1.54) is 87.0 Å². The van der Waals surface area contributed by atoms with Crippen molar-refractivity contribution in [3.8, 4) is 5.88 Å². The largest absolute Gasteiger partial charge is 0.474 e. The molecule has 3 N–H and O–H groups in total. The smallest absolute Gasteiger partial charge is 0.236 e. The summed E-state index contributed by atoms with van der Waals surface area (Å²) in [5.74, 6) is 0.747. The lowest BCUT2D eigenvalue weighted by molar-refractivity contribution is -0.129. The number of carbonyl (C=O) groups is 2. The van der Waals surface area contributed by atoms with Gasteiger partial charge < -0.3 is 20.7 Å². The summed E-state index contributed by atoms with van der Waals surface area (Å²) in [4.78, 5) is 33.7. The summed E-state index contributed by atoms with van der Waals surface area (Å²) in [5, 5.41) is 4.07. The monoisotopic (exact) mass is 475 g/mol. The van der Waals surface area contributed by atoms with Gasteiger partial charge in [-0.25, -0.2) is 9.97 Å². The molecule has 3 heterocycles. The van der Waals surface area contributed by atoms with Gasteiger partial charge in [-0.2, -0.15) is 0 Å². The van der Waals surface area contributed by atoms with Crippen LogP contribution in [-0.2, 0) is 22.4 Å². The van der Waals surface area contributed by atoms with E-state index < -0.39 is 0 Å². The average molecular weight is 476 g/mol. The first-order valence-corrected chi connectivity index (χ1v) is 12.9. The number of thiophene rings is 1. The van der Waals surface area contributed by atoms with Crippen molar-refractivity contribution in [1.82, 2.24) is 20.2 Å². The van der Waals surface area contributed by atoms with Crippen LogP contribution in [0.1, 0.15) is 68.7 Å². The van der Waals surface area contributed by atoms with Gasteiger partial charge >= 0.3 is 0 Å². The molecule has 9 heteroatoms. The SMILES string of the molecule is CC(N)=O.CNCC(=O)N1CCCC1.c1nc(OC2CCCCC2)c2c3c(sc2n1)CCC3. The van der Waals surface area contributed by atoms with Gasteiger partial charge in [0.05, 0.1) is 11.9 Å². The molecule has 0 unspecified atom stereocenters. The zero-order chi connectivity index (χ0) is 23.6. The average Bonchev–Trinajstić information content (AvgIpc) is 3.53. The molecular weight excluding hydrogens is 438 g/mol. The van der Waals surface area contributed by atoms with Crippen molar-refractivity contribution in [3.63, 3.8) is 0 Å². The first kappa shape index (κ1) is 25.4. The Labute approximate surface area is 200 Å². The van der Waals surface area contributed by atoms with Gasteiger partial charge in [0.2, 0.25) is 17.7 Å². The quantitative estimate of drug-likeness (QED) is 0.703. The number of hydrogen-bond donors (Lipinski definition) is 2. The van der Waals surface area contributed by atoms with Gasteiger partial charge in [-0.3, -0.25) is 9.59 Å². The van der Waals surface area contributed by atoms with Gasteiger partial charge in [0.25, 0.3) is 0 Å². The highest BCUT2D eigenvalue weighted by atomic mass is 32.1. The fraction of sp³-hybridized carbons (Fsp3) is 0.667. The molecule has 3 aliphatic rings. The number of ether oxygens (including phenoxy) is 1. The molecule has 2 fully saturated rings. The van der Waals surface area contributed by atoms with Crippen LogP contribution < -0.4 is 15.8 Å². The number of nitrogens with two attached hydrogens (primary N) is 1. The van der Waals surface area contributed by atoms with Gasteiger partial charge in [-0.1, -0.05) is 6.42 Å². The highest BCUT2D eigenvalue weighted by Crippen LogP contribution is 2.40. The number of nitrogens with zero attached hydrogens (tertiary/aromatic N) is 3. The molecule has 1 saturated carbocycles. The minimum atomic E-state index is -0.333. The second-order valence-corrected chi connectivity index (χ2v) is 9.91. The Hall–Kier alpha value is -2.26.